The molecule has 16 heavy (non-hydrogen) atoms. The Kier molecular flexibility index (Phi) is 3.45. The van der Waals surface area contributed by atoms with E-state index < -0.39 is 0 Å². The van der Waals surface area contributed by atoms with E-state index in [0.717, 1.165) is 13.0 Å². The maximum absolute atomic E-state index is 11.4. The monoisotopic (exact) mass is 237 g/mol. The number of carbonyl (C=O) groups is 1. The van der Waals surface area contributed by atoms with Crippen LogP contribution in [0.4, 0.5) is 0 Å². The number of likely N-dealkylation sites (tertiary alicyclic amines) is 1. The molecular weight excluding hydrogens is 218 g/mol. The molecule has 2 unspecified atom stereocenters. The lowest BCUT2D eigenvalue weighted by atomic mass is 10.00. The molecule has 0 radical (unpaired) electrons. The van der Waals surface area contributed by atoms with Crippen molar-refractivity contribution in [1.29, 1.82) is 0 Å². The molecular formula is C13H19NOS. The molecule has 1 aromatic rings. The Morgan fingerprint density at radius 1 is 1.50 bits per heavy atom. The van der Waals surface area contributed by atoms with E-state index >= 15 is 0 Å². The number of carbonyl (C=O) groups excluding carboxylic acids is 1. The molecule has 0 spiro atoms. The maximum atomic E-state index is 11.4. The van der Waals surface area contributed by atoms with E-state index in [1.165, 1.54) is 9.75 Å². The molecule has 1 aliphatic heterocycles. The molecule has 3 heteroatoms. The van der Waals surface area contributed by atoms with Crippen molar-refractivity contribution in [2.24, 2.45) is 0 Å². The molecule has 2 heterocycles. The van der Waals surface area contributed by atoms with E-state index in [0.29, 0.717) is 24.3 Å². The average molecular weight is 237 g/mol. The molecule has 0 aliphatic carbocycles. The first kappa shape index (κ1) is 11.8. The minimum Gasteiger partial charge on any atom is -0.300 e. The molecule has 2 rings (SSSR count). The number of aryl methyl sites for hydroxylation is 1. The molecule has 0 amide bonds. The number of hydrogen-bond acceptors (Lipinski definition) is 3. The minimum atomic E-state index is 0.388. The molecule has 1 fully saturated rings. The van der Waals surface area contributed by atoms with Gasteiger partial charge in [-0.1, -0.05) is 0 Å². The predicted molar refractivity (Wildman–Crippen MR) is 67.9 cm³/mol. The molecule has 0 bridgehead atoms. The molecule has 1 aromatic heterocycles. The van der Waals surface area contributed by atoms with Gasteiger partial charge >= 0.3 is 0 Å². The van der Waals surface area contributed by atoms with E-state index in [4.69, 9.17) is 0 Å². The summed E-state index contributed by atoms with van der Waals surface area (Å²) in [6.07, 6.45) is 1.44. The van der Waals surface area contributed by atoms with E-state index in [-0.39, 0.29) is 0 Å². The number of thiophene rings is 1. The summed E-state index contributed by atoms with van der Waals surface area (Å²) in [7, 11) is 0. The van der Waals surface area contributed by atoms with Crippen LogP contribution in [0.25, 0.3) is 0 Å². The third-order valence-electron chi connectivity index (χ3n) is 3.41. The summed E-state index contributed by atoms with van der Waals surface area (Å²) in [6, 6.07) is 5.23. The van der Waals surface area contributed by atoms with Gasteiger partial charge in [-0.05, 0) is 32.9 Å². The number of hydrogen-bond donors (Lipinski definition) is 0. The standard InChI is InChI=1S/C13H19NOS/c1-9-8-12(15)6-7-14(9)11(3)13-5-4-10(2)16-13/h4-5,9,11H,6-8H2,1-3H3. The van der Waals surface area contributed by atoms with Crippen molar-refractivity contribution < 1.29 is 4.79 Å². The number of piperidine rings is 1. The van der Waals surface area contributed by atoms with Crippen LogP contribution in [0.2, 0.25) is 0 Å². The molecule has 2 nitrogen and oxygen atoms in total. The van der Waals surface area contributed by atoms with Crippen molar-refractivity contribution >= 4 is 17.1 Å². The van der Waals surface area contributed by atoms with Crippen LogP contribution in [0.1, 0.15) is 42.5 Å². The third kappa shape index (κ3) is 2.36. The van der Waals surface area contributed by atoms with Gasteiger partial charge in [0.25, 0.3) is 0 Å². The van der Waals surface area contributed by atoms with Crippen molar-refractivity contribution in [1.82, 2.24) is 4.90 Å². The van der Waals surface area contributed by atoms with E-state index in [9.17, 15) is 4.79 Å². The largest absolute Gasteiger partial charge is 0.300 e. The molecule has 0 aromatic carbocycles. The number of Topliss-reactive ketones (excluding diaryl/α,β-unsaturated/α-hetero) is 1. The number of ketones is 1. The molecule has 1 saturated heterocycles. The fraction of sp³-hybridized carbons (Fsp3) is 0.615. The summed E-state index contributed by atoms with van der Waals surface area (Å²) >= 11 is 1.87. The zero-order valence-corrected chi connectivity index (χ0v) is 11.0. The zero-order chi connectivity index (χ0) is 11.7. The Morgan fingerprint density at radius 3 is 2.81 bits per heavy atom. The maximum Gasteiger partial charge on any atom is 0.135 e. The molecule has 88 valence electrons. The Labute approximate surface area is 101 Å². The molecule has 0 saturated carbocycles. The van der Waals surface area contributed by atoms with Gasteiger partial charge in [0.05, 0.1) is 0 Å². The lowest BCUT2D eigenvalue weighted by Crippen LogP contribution is -2.42. The highest BCUT2D eigenvalue weighted by Crippen LogP contribution is 2.31. The van der Waals surface area contributed by atoms with Crippen LogP contribution in [0.5, 0.6) is 0 Å². The van der Waals surface area contributed by atoms with E-state index in [1.54, 1.807) is 0 Å². The van der Waals surface area contributed by atoms with Gasteiger partial charge in [0, 0.05) is 41.2 Å². The van der Waals surface area contributed by atoms with Crippen molar-refractivity contribution in [3.05, 3.63) is 21.9 Å². The van der Waals surface area contributed by atoms with Gasteiger partial charge in [-0.2, -0.15) is 0 Å². The summed E-state index contributed by atoms with van der Waals surface area (Å²) in [5.41, 5.74) is 0. The molecule has 0 N–H and O–H groups in total. The van der Waals surface area contributed by atoms with Gasteiger partial charge < -0.3 is 0 Å². The van der Waals surface area contributed by atoms with Gasteiger partial charge in [-0.15, -0.1) is 11.3 Å². The van der Waals surface area contributed by atoms with Gasteiger partial charge in [0.15, 0.2) is 0 Å². The smallest absolute Gasteiger partial charge is 0.135 e. The van der Waals surface area contributed by atoms with Gasteiger partial charge in [-0.3, -0.25) is 9.69 Å². The molecule has 2 atom stereocenters. The first-order valence-corrected chi connectivity index (χ1v) is 6.73. The lowest BCUT2D eigenvalue weighted by Gasteiger charge is -2.37. The fourth-order valence-electron chi connectivity index (χ4n) is 2.44. The van der Waals surface area contributed by atoms with Crippen LogP contribution in [0.15, 0.2) is 12.1 Å². The Balaban J connectivity index is 2.09. The fourth-order valence-corrected chi connectivity index (χ4v) is 3.39. The summed E-state index contributed by atoms with van der Waals surface area (Å²) in [5, 5.41) is 0. The topological polar surface area (TPSA) is 20.3 Å². The summed E-state index contributed by atoms with van der Waals surface area (Å²) in [6.45, 7) is 7.47. The second kappa shape index (κ2) is 4.68. The highest BCUT2D eigenvalue weighted by Gasteiger charge is 2.28. The molecule has 1 aliphatic rings. The third-order valence-corrected chi connectivity index (χ3v) is 4.58. The van der Waals surface area contributed by atoms with E-state index in [2.05, 4.69) is 37.8 Å². The summed E-state index contributed by atoms with van der Waals surface area (Å²) < 4.78 is 0. The van der Waals surface area contributed by atoms with Crippen LogP contribution < -0.4 is 0 Å². The van der Waals surface area contributed by atoms with Crippen LogP contribution in [0, 0.1) is 6.92 Å². The van der Waals surface area contributed by atoms with Crippen molar-refractivity contribution in [3.63, 3.8) is 0 Å². The van der Waals surface area contributed by atoms with Crippen molar-refractivity contribution in [2.75, 3.05) is 6.54 Å². The van der Waals surface area contributed by atoms with Gasteiger partial charge in [0.1, 0.15) is 5.78 Å². The van der Waals surface area contributed by atoms with Gasteiger partial charge in [0.2, 0.25) is 0 Å². The SMILES string of the molecule is Cc1ccc(C(C)N2CCC(=O)CC2C)s1. The van der Waals surface area contributed by atoms with Gasteiger partial charge in [-0.25, -0.2) is 0 Å². The predicted octanol–water partition coefficient (Wildman–Crippen LogP) is 3.17. The number of nitrogens with zero attached hydrogens (tertiary/aromatic N) is 1. The van der Waals surface area contributed by atoms with Crippen molar-refractivity contribution in [2.45, 2.75) is 45.7 Å². The van der Waals surface area contributed by atoms with E-state index in [1.807, 2.05) is 11.3 Å². The average Bonchev–Trinajstić information content (AvgIpc) is 2.64. The minimum absolute atomic E-state index is 0.388. The van der Waals surface area contributed by atoms with Crippen LogP contribution >= 0.6 is 11.3 Å². The van der Waals surface area contributed by atoms with Crippen LogP contribution in [-0.2, 0) is 4.79 Å². The number of rotatable bonds is 2. The Bertz CT molecular complexity index is 385. The zero-order valence-electron chi connectivity index (χ0n) is 10.2. The van der Waals surface area contributed by atoms with Crippen LogP contribution in [0.3, 0.4) is 0 Å². The normalized spacial score (nSPS) is 24.7. The second-order valence-corrected chi connectivity index (χ2v) is 6.02. The first-order chi connectivity index (χ1) is 7.58. The second-order valence-electron chi connectivity index (χ2n) is 4.70. The van der Waals surface area contributed by atoms with Crippen LogP contribution in [-0.4, -0.2) is 23.3 Å². The highest BCUT2D eigenvalue weighted by atomic mass is 32.1. The Morgan fingerprint density at radius 2 is 2.25 bits per heavy atom. The van der Waals surface area contributed by atoms with Crippen molar-refractivity contribution in [3.8, 4) is 0 Å². The highest BCUT2D eigenvalue weighted by molar-refractivity contribution is 7.12. The quantitative estimate of drug-likeness (QED) is 0.787. The summed E-state index contributed by atoms with van der Waals surface area (Å²) in [5.74, 6) is 0.415. The lowest BCUT2D eigenvalue weighted by molar-refractivity contribution is -0.123. The Hall–Kier alpha value is -0.670. The first-order valence-electron chi connectivity index (χ1n) is 5.91. The summed E-state index contributed by atoms with van der Waals surface area (Å²) in [4.78, 5) is 16.6.